The summed E-state index contributed by atoms with van der Waals surface area (Å²) in [5.74, 6) is -0.856. The standard InChI is InChI=1S/C26H30FN3O3/c1-3-33-26(32)21-7-5-13-29(16-21)17-25(31)30-24(19-11-9-18(2)10-12-19)15-23(28-30)20-6-4-8-22(27)14-20/h4,6,8-12,14,21,24H,3,5,7,13,15-17H2,1-2H3/t21-,24-/m1/s1. The van der Waals surface area contributed by atoms with Crippen molar-refractivity contribution in [3.63, 3.8) is 0 Å². The highest BCUT2D eigenvalue weighted by Crippen LogP contribution is 2.33. The van der Waals surface area contributed by atoms with Crippen LogP contribution in [0.4, 0.5) is 4.39 Å². The highest BCUT2D eigenvalue weighted by Gasteiger charge is 2.35. The number of esters is 1. The molecule has 0 aromatic heterocycles. The number of halogens is 1. The molecule has 2 aromatic rings. The van der Waals surface area contributed by atoms with Crippen LogP contribution in [0.25, 0.3) is 0 Å². The lowest BCUT2D eigenvalue weighted by Gasteiger charge is -2.32. The third-order valence-electron chi connectivity index (χ3n) is 6.27. The lowest BCUT2D eigenvalue weighted by Crippen LogP contribution is -2.44. The van der Waals surface area contributed by atoms with E-state index in [0.29, 0.717) is 30.8 Å². The number of ether oxygens (including phenoxy) is 1. The van der Waals surface area contributed by atoms with E-state index in [2.05, 4.69) is 5.10 Å². The summed E-state index contributed by atoms with van der Waals surface area (Å²) in [5.41, 5.74) is 3.51. The Bertz CT molecular complexity index is 1040. The zero-order valence-corrected chi connectivity index (χ0v) is 19.2. The van der Waals surface area contributed by atoms with Gasteiger partial charge in [-0.3, -0.25) is 14.5 Å². The minimum Gasteiger partial charge on any atom is -0.466 e. The van der Waals surface area contributed by atoms with Gasteiger partial charge in [0, 0.05) is 18.5 Å². The number of nitrogens with zero attached hydrogens (tertiary/aromatic N) is 3. The van der Waals surface area contributed by atoms with Gasteiger partial charge in [-0.25, -0.2) is 9.40 Å². The minimum atomic E-state index is -0.329. The second-order valence-corrected chi connectivity index (χ2v) is 8.75. The lowest BCUT2D eigenvalue weighted by atomic mass is 9.97. The summed E-state index contributed by atoms with van der Waals surface area (Å²) in [7, 11) is 0. The van der Waals surface area contributed by atoms with Crippen molar-refractivity contribution >= 4 is 17.6 Å². The van der Waals surface area contributed by atoms with Crippen LogP contribution in [0, 0.1) is 18.7 Å². The van der Waals surface area contributed by atoms with E-state index < -0.39 is 0 Å². The van der Waals surface area contributed by atoms with E-state index >= 15 is 0 Å². The first kappa shape index (κ1) is 23.1. The molecule has 0 N–H and O–H groups in total. The molecule has 0 bridgehead atoms. The average Bonchev–Trinajstić information content (AvgIpc) is 3.26. The van der Waals surface area contributed by atoms with E-state index in [4.69, 9.17) is 4.74 Å². The van der Waals surface area contributed by atoms with Crippen LogP contribution in [0.5, 0.6) is 0 Å². The van der Waals surface area contributed by atoms with Gasteiger partial charge < -0.3 is 4.74 Å². The Kier molecular flexibility index (Phi) is 7.18. The first-order valence-electron chi connectivity index (χ1n) is 11.6. The van der Waals surface area contributed by atoms with Crippen molar-refractivity contribution in [1.29, 1.82) is 0 Å². The first-order valence-corrected chi connectivity index (χ1v) is 11.6. The van der Waals surface area contributed by atoms with E-state index in [1.165, 1.54) is 12.1 Å². The smallest absolute Gasteiger partial charge is 0.310 e. The van der Waals surface area contributed by atoms with E-state index in [9.17, 15) is 14.0 Å². The Morgan fingerprint density at radius 2 is 1.97 bits per heavy atom. The number of likely N-dealkylation sites (tertiary alicyclic amines) is 1. The molecule has 6 nitrogen and oxygen atoms in total. The van der Waals surface area contributed by atoms with Gasteiger partial charge in [0.1, 0.15) is 5.82 Å². The number of carbonyl (C=O) groups excluding carboxylic acids is 2. The summed E-state index contributed by atoms with van der Waals surface area (Å²) in [5, 5.41) is 6.18. The van der Waals surface area contributed by atoms with Crippen LogP contribution in [-0.2, 0) is 14.3 Å². The second kappa shape index (κ2) is 10.3. The molecule has 7 heteroatoms. The fourth-order valence-corrected chi connectivity index (χ4v) is 4.55. The van der Waals surface area contributed by atoms with Crippen molar-refractivity contribution in [3.05, 3.63) is 71.0 Å². The quantitative estimate of drug-likeness (QED) is 0.621. The summed E-state index contributed by atoms with van der Waals surface area (Å²) in [6.07, 6.45) is 2.14. The Morgan fingerprint density at radius 1 is 1.18 bits per heavy atom. The Balaban J connectivity index is 1.54. The van der Waals surface area contributed by atoms with Gasteiger partial charge in [-0.2, -0.15) is 5.10 Å². The van der Waals surface area contributed by atoms with Crippen LogP contribution in [0.2, 0.25) is 0 Å². The van der Waals surface area contributed by atoms with Crippen molar-refractivity contribution in [1.82, 2.24) is 9.91 Å². The van der Waals surface area contributed by atoms with Crippen LogP contribution in [0.15, 0.2) is 53.6 Å². The predicted octanol–water partition coefficient (Wildman–Crippen LogP) is 4.09. The molecular weight excluding hydrogens is 421 g/mol. The predicted molar refractivity (Wildman–Crippen MR) is 124 cm³/mol. The van der Waals surface area contributed by atoms with Crippen LogP contribution in [0.3, 0.4) is 0 Å². The summed E-state index contributed by atoms with van der Waals surface area (Å²) in [6, 6.07) is 14.1. The second-order valence-electron chi connectivity index (χ2n) is 8.75. The highest BCUT2D eigenvalue weighted by molar-refractivity contribution is 6.03. The van der Waals surface area contributed by atoms with Crippen LogP contribution < -0.4 is 0 Å². The lowest BCUT2D eigenvalue weighted by molar-refractivity contribution is -0.150. The molecule has 0 unspecified atom stereocenters. The molecule has 4 rings (SSSR count). The van der Waals surface area contributed by atoms with Crippen LogP contribution >= 0.6 is 0 Å². The number of piperidine rings is 1. The maximum Gasteiger partial charge on any atom is 0.310 e. The molecule has 2 atom stereocenters. The number of rotatable bonds is 6. The number of hydrazone groups is 1. The van der Waals surface area contributed by atoms with Crippen molar-refractivity contribution in [2.24, 2.45) is 11.0 Å². The Hall–Kier alpha value is -3.06. The summed E-state index contributed by atoms with van der Waals surface area (Å²) >= 11 is 0. The molecule has 2 aliphatic heterocycles. The molecule has 2 aliphatic rings. The molecule has 2 aromatic carbocycles. The molecule has 1 fully saturated rings. The number of benzene rings is 2. The maximum absolute atomic E-state index is 13.8. The molecule has 0 radical (unpaired) electrons. The van der Waals surface area contributed by atoms with E-state index in [1.807, 2.05) is 42.2 Å². The number of aryl methyl sites for hydroxylation is 1. The van der Waals surface area contributed by atoms with Gasteiger partial charge in [0.05, 0.1) is 30.8 Å². The van der Waals surface area contributed by atoms with E-state index in [-0.39, 0.29) is 36.2 Å². The van der Waals surface area contributed by atoms with E-state index in [1.54, 1.807) is 18.0 Å². The molecule has 2 heterocycles. The molecule has 0 aliphatic carbocycles. The van der Waals surface area contributed by atoms with Gasteiger partial charge in [0.25, 0.3) is 5.91 Å². The number of amides is 1. The van der Waals surface area contributed by atoms with Crippen molar-refractivity contribution in [3.8, 4) is 0 Å². The van der Waals surface area contributed by atoms with Gasteiger partial charge in [-0.15, -0.1) is 0 Å². The molecule has 1 amide bonds. The van der Waals surface area contributed by atoms with Gasteiger partial charge in [0.15, 0.2) is 0 Å². The SMILES string of the molecule is CCOC(=O)[C@@H]1CCCN(CC(=O)N2N=C(c3cccc(F)c3)C[C@@H]2c2ccc(C)cc2)C1. The van der Waals surface area contributed by atoms with Gasteiger partial charge >= 0.3 is 5.97 Å². The topological polar surface area (TPSA) is 62.2 Å². The molecular formula is C26H30FN3O3. The summed E-state index contributed by atoms with van der Waals surface area (Å²) < 4.78 is 19.0. The maximum atomic E-state index is 13.8. The normalized spacial score (nSPS) is 21.1. The first-order chi connectivity index (χ1) is 15.9. The average molecular weight is 452 g/mol. The molecule has 174 valence electrons. The van der Waals surface area contributed by atoms with Crippen LogP contribution in [0.1, 0.15) is 48.9 Å². The van der Waals surface area contributed by atoms with Gasteiger partial charge in [-0.05, 0) is 50.9 Å². The van der Waals surface area contributed by atoms with Crippen molar-refractivity contribution in [2.45, 2.75) is 39.2 Å². The minimum absolute atomic E-state index is 0.128. The third kappa shape index (κ3) is 5.47. The Labute approximate surface area is 194 Å². The fourth-order valence-electron chi connectivity index (χ4n) is 4.55. The molecule has 33 heavy (non-hydrogen) atoms. The summed E-state index contributed by atoms with van der Waals surface area (Å²) in [6.45, 7) is 5.62. The highest BCUT2D eigenvalue weighted by atomic mass is 19.1. The summed E-state index contributed by atoms with van der Waals surface area (Å²) in [4.78, 5) is 27.6. The zero-order chi connectivity index (χ0) is 23.4. The zero-order valence-electron chi connectivity index (χ0n) is 19.2. The third-order valence-corrected chi connectivity index (χ3v) is 6.27. The molecule has 1 saturated heterocycles. The number of hydrogen-bond acceptors (Lipinski definition) is 5. The fraction of sp³-hybridized carbons (Fsp3) is 0.423. The van der Waals surface area contributed by atoms with Crippen molar-refractivity contribution in [2.75, 3.05) is 26.2 Å². The van der Waals surface area contributed by atoms with Gasteiger partial charge in [0.2, 0.25) is 0 Å². The monoisotopic (exact) mass is 451 g/mol. The van der Waals surface area contributed by atoms with E-state index in [0.717, 1.165) is 30.5 Å². The number of hydrogen-bond donors (Lipinski definition) is 0. The Morgan fingerprint density at radius 3 is 2.70 bits per heavy atom. The van der Waals surface area contributed by atoms with Gasteiger partial charge in [-0.1, -0.05) is 42.0 Å². The van der Waals surface area contributed by atoms with Crippen molar-refractivity contribution < 1.29 is 18.7 Å². The number of carbonyl (C=O) groups is 2. The largest absolute Gasteiger partial charge is 0.466 e. The molecule has 0 spiro atoms. The van der Waals surface area contributed by atoms with Crippen LogP contribution in [-0.4, -0.2) is 53.7 Å². The molecule has 0 saturated carbocycles.